The molecule has 0 aromatic carbocycles. The van der Waals surface area contributed by atoms with Crippen LogP contribution in [0.3, 0.4) is 0 Å². The summed E-state index contributed by atoms with van der Waals surface area (Å²) in [7, 11) is 0. The van der Waals surface area contributed by atoms with Crippen LogP contribution in [-0.4, -0.2) is 21.9 Å². The molecule has 0 unspecified atom stereocenters. The number of halogens is 2. The first-order valence-corrected chi connectivity index (χ1v) is 8.51. The number of hydrogen-bond donors (Lipinski definition) is 2. The molecule has 0 saturated heterocycles. The molecule has 8 heteroatoms. The second-order valence-electron chi connectivity index (χ2n) is 5.10. The van der Waals surface area contributed by atoms with Crippen molar-refractivity contribution in [2.75, 3.05) is 0 Å². The summed E-state index contributed by atoms with van der Waals surface area (Å²) in [5.74, 6) is -0.0855. The fourth-order valence-corrected chi connectivity index (χ4v) is 3.16. The number of amides is 1. The van der Waals surface area contributed by atoms with Gasteiger partial charge >= 0.3 is 0 Å². The van der Waals surface area contributed by atoms with Crippen LogP contribution in [0.5, 0.6) is 0 Å². The van der Waals surface area contributed by atoms with Gasteiger partial charge in [0.15, 0.2) is 0 Å². The maximum Gasteiger partial charge on any atom is 0.270 e. The Morgan fingerprint density at radius 1 is 1.23 bits per heavy atom. The van der Waals surface area contributed by atoms with Gasteiger partial charge in [-0.1, -0.05) is 23.2 Å². The fraction of sp³-hybridized carbons (Fsp3) is 0.357. The highest BCUT2D eigenvalue weighted by Crippen LogP contribution is 2.20. The van der Waals surface area contributed by atoms with E-state index in [0.717, 1.165) is 23.4 Å². The van der Waals surface area contributed by atoms with E-state index in [1.807, 2.05) is 0 Å². The molecule has 2 aromatic heterocycles. The SMILES string of the molecule is O=C(NC1CC1)c1csc(CNCc2cc(Cl)nc(Cl)c2)n1. The zero-order chi connectivity index (χ0) is 15.5. The minimum Gasteiger partial charge on any atom is -0.348 e. The highest BCUT2D eigenvalue weighted by Gasteiger charge is 2.24. The van der Waals surface area contributed by atoms with Crippen LogP contribution in [0.4, 0.5) is 0 Å². The molecule has 2 N–H and O–H groups in total. The van der Waals surface area contributed by atoms with Crippen molar-refractivity contribution in [3.05, 3.63) is 44.1 Å². The van der Waals surface area contributed by atoms with Crippen LogP contribution in [0.2, 0.25) is 10.3 Å². The standard InChI is InChI=1S/C14H14Cl2N4OS/c15-11-3-8(4-12(16)20-11)5-17-6-13-19-10(7-22-13)14(21)18-9-1-2-9/h3-4,7,9,17H,1-2,5-6H2,(H,18,21). The van der Waals surface area contributed by atoms with Gasteiger partial charge in [-0.3, -0.25) is 4.79 Å². The molecule has 1 aliphatic rings. The molecule has 0 aliphatic heterocycles. The number of nitrogens with one attached hydrogen (secondary N) is 2. The number of thiazole rings is 1. The van der Waals surface area contributed by atoms with Crippen molar-refractivity contribution >= 4 is 40.4 Å². The normalized spacial score (nSPS) is 14.1. The highest BCUT2D eigenvalue weighted by molar-refractivity contribution is 7.09. The van der Waals surface area contributed by atoms with E-state index in [2.05, 4.69) is 20.6 Å². The zero-order valence-corrected chi connectivity index (χ0v) is 13.9. The molecule has 5 nitrogen and oxygen atoms in total. The molecule has 0 atom stereocenters. The molecule has 1 amide bonds. The van der Waals surface area contributed by atoms with Crippen LogP contribution in [0, 0.1) is 0 Å². The van der Waals surface area contributed by atoms with Crippen LogP contribution < -0.4 is 10.6 Å². The Labute approximate surface area is 142 Å². The topological polar surface area (TPSA) is 66.9 Å². The maximum atomic E-state index is 11.9. The first kappa shape index (κ1) is 15.7. The van der Waals surface area contributed by atoms with Gasteiger partial charge in [-0.15, -0.1) is 11.3 Å². The second-order valence-corrected chi connectivity index (χ2v) is 6.82. The van der Waals surface area contributed by atoms with Crippen LogP contribution in [0.15, 0.2) is 17.5 Å². The molecule has 3 rings (SSSR count). The number of rotatable bonds is 6. The lowest BCUT2D eigenvalue weighted by molar-refractivity contribution is 0.0946. The molecule has 0 bridgehead atoms. The Morgan fingerprint density at radius 2 is 1.95 bits per heavy atom. The molecule has 22 heavy (non-hydrogen) atoms. The summed E-state index contributed by atoms with van der Waals surface area (Å²) in [5, 5.41) is 9.58. The van der Waals surface area contributed by atoms with E-state index in [-0.39, 0.29) is 5.91 Å². The number of carbonyl (C=O) groups excluding carboxylic acids is 1. The molecule has 1 fully saturated rings. The Morgan fingerprint density at radius 3 is 2.64 bits per heavy atom. The zero-order valence-electron chi connectivity index (χ0n) is 11.6. The van der Waals surface area contributed by atoms with E-state index in [1.54, 1.807) is 17.5 Å². The van der Waals surface area contributed by atoms with Crippen LogP contribution in [0.1, 0.15) is 33.9 Å². The lowest BCUT2D eigenvalue weighted by Crippen LogP contribution is -2.25. The summed E-state index contributed by atoms with van der Waals surface area (Å²) in [5.41, 5.74) is 1.44. The summed E-state index contributed by atoms with van der Waals surface area (Å²) in [4.78, 5) is 20.1. The Balaban J connectivity index is 1.51. The molecule has 2 heterocycles. The van der Waals surface area contributed by atoms with Crippen molar-refractivity contribution in [2.24, 2.45) is 0 Å². The summed E-state index contributed by atoms with van der Waals surface area (Å²) >= 11 is 13.2. The molecule has 2 aromatic rings. The minimum atomic E-state index is -0.0855. The predicted molar refractivity (Wildman–Crippen MR) is 87.4 cm³/mol. The average Bonchev–Trinajstić information content (AvgIpc) is 3.13. The Hall–Kier alpha value is -1.21. The van der Waals surface area contributed by atoms with Gasteiger partial charge < -0.3 is 10.6 Å². The van der Waals surface area contributed by atoms with Crippen molar-refractivity contribution in [3.8, 4) is 0 Å². The molecule has 0 radical (unpaired) electrons. The van der Waals surface area contributed by atoms with Gasteiger partial charge in [-0.05, 0) is 30.5 Å². The largest absolute Gasteiger partial charge is 0.348 e. The van der Waals surface area contributed by atoms with Crippen LogP contribution in [0.25, 0.3) is 0 Å². The summed E-state index contributed by atoms with van der Waals surface area (Å²) in [6, 6.07) is 3.87. The van der Waals surface area contributed by atoms with Gasteiger partial charge in [0.05, 0.1) is 0 Å². The lowest BCUT2D eigenvalue weighted by atomic mass is 10.3. The predicted octanol–water partition coefficient (Wildman–Crippen LogP) is 3.03. The fourth-order valence-electron chi connectivity index (χ4n) is 1.91. The number of hydrogen-bond acceptors (Lipinski definition) is 5. The first-order chi connectivity index (χ1) is 10.6. The molecule has 0 spiro atoms. The Bertz CT molecular complexity index is 667. The van der Waals surface area contributed by atoms with Crippen molar-refractivity contribution in [2.45, 2.75) is 32.0 Å². The third-order valence-corrected chi connectivity index (χ3v) is 4.36. The molecular weight excluding hydrogens is 343 g/mol. The van der Waals surface area contributed by atoms with Crippen molar-refractivity contribution in [1.82, 2.24) is 20.6 Å². The van der Waals surface area contributed by atoms with Gasteiger partial charge in [0, 0.05) is 24.5 Å². The van der Waals surface area contributed by atoms with E-state index in [1.165, 1.54) is 11.3 Å². The van der Waals surface area contributed by atoms with Gasteiger partial charge in [-0.25, -0.2) is 9.97 Å². The van der Waals surface area contributed by atoms with Crippen LogP contribution >= 0.6 is 34.5 Å². The van der Waals surface area contributed by atoms with Crippen LogP contribution in [-0.2, 0) is 13.1 Å². The molecule has 1 aliphatic carbocycles. The van der Waals surface area contributed by atoms with Gasteiger partial charge in [0.2, 0.25) is 0 Å². The number of aromatic nitrogens is 2. The Kier molecular flexibility index (Phi) is 4.93. The number of nitrogens with zero attached hydrogens (tertiary/aromatic N) is 2. The monoisotopic (exact) mass is 356 g/mol. The molecule has 1 saturated carbocycles. The van der Waals surface area contributed by atoms with Gasteiger partial charge in [0.1, 0.15) is 21.0 Å². The van der Waals surface area contributed by atoms with E-state index in [4.69, 9.17) is 23.2 Å². The van der Waals surface area contributed by atoms with Gasteiger partial charge in [-0.2, -0.15) is 0 Å². The first-order valence-electron chi connectivity index (χ1n) is 6.88. The average molecular weight is 357 g/mol. The quantitative estimate of drug-likeness (QED) is 0.780. The van der Waals surface area contributed by atoms with E-state index in [0.29, 0.717) is 35.1 Å². The molecule has 116 valence electrons. The summed E-state index contributed by atoms with van der Waals surface area (Å²) in [6.45, 7) is 1.18. The van der Waals surface area contributed by atoms with E-state index < -0.39 is 0 Å². The van der Waals surface area contributed by atoms with E-state index >= 15 is 0 Å². The van der Waals surface area contributed by atoms with Gasteiger partial charge in [0.25, 0.3) is 5.91 Å². The van der Waals surface area contributed by atoms with Crippen molar-refractivity contribution in [3.63, 3.8) is 0 Å². The smallest absolute Gasteiger partial charge is 0.270 e. The lowest BCUT2D eigenvalue weighted by Gasteiger charge is -2.04. The molecular formula is C14H14Cl2N4OS. The van der Waals surface area contributed by atoms with Crippen molar-refractivity contribution < 1.29 is 4.79 Å². The van der Waals surface area contributed by atoms with E-state index in [9.17, 15) is 4.79 Å². The third-order valence-electron chi connectivity index (χ3n) is 3.12. The highest BCUT2D eigenvalue weighted by atomic mass is 35.5. The maximum absolute atomic E-state index is 11.9. The number of pyridine rings is 1. The summed E-state index contributed by atoms with van der Waals surface area (Å²) in [6.07, 6.45) is 2.14. The summed E-state index contributed by atoms with van der Waals surface area (Å²) < 4.78 is 0. The van der Waals surface area contributed by atoms with Crippen molar-refractivity contribution in [1.29, 1.82) is 0 Å². The number of carbonyl (C=O) groups is 1. The minimum absolute atomic E-state index is 0.0855. The third kappa shape index (κ3) is 4.39. The second kappa shape index (κ2) is 6.91.